The molecular formula is C18H27ClO6. The van der Waals surface area contributed by atoms with Crippen LogP contribution in [0.15, 0.2) is 56.6 Å². The van der Waals surface area contributed by atoms with Crippen LogP contribution in [0.25, 0.3) is 0 Å². The highest BCUT2D eigenvalue weighted by molar-refractivity contribution is 6.30. The molecule has 0 heterocycles. The van der Waals surface area contributed by atoms with E-state index in [4.69, 9.17) is 31.7 Å². The van der Waals surface area contributed by atoms with Gasteiger partial charge >= 0.3 is 11.9 Å². The molecule has 0 atom stereocenters. The Morgan fingerprint density at radius 2 is 1.12 bits per heavy atom. The van der Waals surface area contributed by atoms with Crippen molar-refractivity contribution in [2.75, 3.05) is 0 Å². The Morgan fingerprint density at radius 3 is 1.28 bits per heavy atom. The van der Waals surface area contributed by atoms with Crippen molar-refractivity contribution >= 4 is 29.5 Å². The summed E-state index contributed by atoms with van der Waals surface area (Å²) in [5.74, 6) is -2.57. The fraction of sp³-hybridized carbons (Fsp3) is 0.278. The number of hydrogen-bond acceptors (Lipinski definition) is 3. The molecule has 6 nitrogen and oxygen atoms in total. The monoisotopic (exact) mass is 374 g/mol. The van der Waals surface area contributed by atoms with Crippen molar-refractivity contribution in [3.05, 3.63) is 61.7 Å². The van der Waals surface area contributed by atoms with Crippen LogP contribution in [0.3, 0.4) is 0 Å². The molecule has 0 aliphatic rings. The van der Waals surface area contributed by atoms with Crippen LogP contribution in [0.1, 0.15) is 32.6 Å². The van der Waals surface area contributed by atoms with Gasteiger partial charge < -0.3 is 15.3 Å². The number of carbonyl (C=O) groups is 3. The average Bonchev–Trinajstić information content (AvgIpc) is 2.56. The fourth-order valence-electron chi connectivity index (χ4n) is 0.967. The maximum atomic E-state index is 9.90. The van der Waals surface area contributed by atoms with Crippen LogP contribution < -0.4 is 0 Å². The molecule has 0 radical (unpaired) electrons. The first-order valence-corrected chi connectivity index (χ1v) is 7.47. The van der Waals surface area contributed by atoms with Gasteiger partial charge in [-0.1, -0.05) is 29.8 Å². The van der Waals surface area contributed by atoms with Gasteiger partial charge in [-0.25, -0.2) is 0 Å². The van der Waals surface area contributed by atoms with Gasteiger partial charge in [-0.15, -0.1) is 26.3 Å². The lowest BCUT2D eigenvalue weighted by atomic mass is 10.2. The maximum Gasteiger partial charge on any atom is 0.303 e. The zero-order valence-electron chi connectivity index (χ0n) is 14.5. The summed E-state index contributed by atoms with van der Waals surface area (Å²) in [5, 5.41) is 24.5. The van der Waals surface area contributed by atoms with Gasteiger partial charge in [0.1, 0.15) is 0 Å². The average molecular weight is 375 g/mol. The number of carboxylic acid groups (broad SMARTS) is 3. The van der Waals surface area contributed by atoms with E-state index in [1.165, 1.54) is 0 Å². The molecule has 0 aromatic heterocycles. The largest absolute Gasteiger partial charge is 0.481 e. The van der Waals surface area contributed by atoms with Crippen LogP contribution in [0.2, 0.25) is 5.02 Å². The van der Waals surface area contributed by atoms with Crippen molar-refractivity contribution in [3.8, 4) is 0 Å². The summed E-state index contributed by atoms with van der Waals surface area (Å²) in [5.41, 5.74) is 0. The first-order valence-electron chi connectivity index (χ1n) is 7.09. The van der Waals surface area contributed by atoms with Crippen LogP contribution in [-0.2, 0) is 14.4 Å². The smallest absolute Gasteiger partial charge is 0.303 e. The molecule has 0 unspecified atom stereocenters. The zero-order chi connectivity index (χ0) is 20.7. The molecule has 7 heteroatoms. The molecule has 1 rings (SSSR count). The first-order chi connectivity index (χ1) is 11.8. The molecule has 0 bridgehead atoms. The molecule has 142 valence electrons. The van der Waals surface area contributed by atoms with Crippen molar-refractivity contribution in [1.82, 2.24) is 0 Å². The Labute approximate surface area is 154 Å². The molecule has 0 aliphatic carbocycles. The SMILES string of the molecule is C=C.C=C.CC(=O)O.Clc1ccccc1.O=C(O)CCCCC(=O)O. The summed E-state index contributed by atoms with van der Waals surface area (Å²) < 4.78 is 0. The predicted molar refractivity (Wildman–Crippen MR) is 101 cm³/mol. The topological polar surface area (TPSA) is 112 Å². The minimum atomic E-state index is -0.870. The van der Waals surface area contributed by atoms with Crippen LogP contribution in [0.4, 0.5) is 0 Å². The molecular weight excluding hydrogens is 348 g/mol. The van der Waals surface area contributed by atoms with Crippen molar-refractivity contribution in [1.29, 1.82) is 0 Å². The van der Waals surface area contributed by atoms with Crippen LogP contribution in [0.5, 0.6) is 0 Å². The second kappa shape index (κ2) is 26.3. The third-order valence-electron chi connectivity index (χ3n) is 1.76. The first kappa shape index (κ1) is 30.3. The Bertz CT molecular complexity index is 426. The highest BCUT2D eigenvalue weighted by Gasteiger charge is 1.99. The van der Waals surface area contributed by atoms with Crippen molar-refractivity contribution in [2.24, 2.45) is 0 Å². The molecule has 1 aromatic carbocycles. The minimum Gasteiger partial charge on any atom is -0.481 e. The summed E-state index contributed by atoms with van der Waals surface area (Å²) >= 11 is 5.54. The van der Waals surface area contributed by atoms with Crippen LogP contribution in [-0.4, -0.2) is 33.2 Å². The number of halogens is 1. The summed E-state index contributed by atoms with van der Waals surface area (Å²) in [6, 6.07) is 9.44. The normalized spacial score (nSPS) is 7.44. The van der Waals surface area contributed by atoms with Gasteiger partial charge in [0, 0.05) is 24.8 Å². The Hall–Kier alpha value is -2.60. The third-order valence-corrected chi connectivity index (χ3v) is 2.02. The van der Waals surface area contributed by atoms with E-state index in [0.717, 1.165) is 11.9 Å². The number of unbranched alkanes of at least 4 members (excludes halogenated alkanes) is 1. The summed E-state index contributed by atoms with van der Waals surface area (Å²) in [6.45, 7) is 13.1. The zero-order valence-corrected chi connectivity index (χ0v) is 15.2. The van der Waals surface area contributed by atoms with Gasteiger partial charge in [0.05, 0.1) is 0 Å². The number of benzene rings is 1. The second-order valence-electron chi connectivity index (χ2n) is 3.81. The molecule has 0 amide bonds. The van der Waals surface area contributed by atoms with E-state index in [1.807, 2.05) is 30.3 Å². The van der Waals surface area contributed by atoms with Crippen molar-refractivity contribution < 1.29 is 29.7 Å². The lowest BCUT2D eigenvalue weighted by Gasteiger charge is -1.92. The van der Waals surface area contributed by atoms with Crippen LogP contribution >= 0.6 is 11.6 Å². The van der Waals surface area contributed by atoms with E-state index in [-0.39, 0.29) is 12.8 Å². The Morgan fingerprint density at radius 1 is 0.840 bits per heavy atom. The van der Waals surface area contributed by atoms with E-state index in [1.54, 1.807) is 0 Å². The van der Waals surface area contributed by atoms with Crippen LogP contribution in [0, 0.1) is 0 Å². The van der Waals surface area contributed by atoms with Gasteiger partial charge in [0.15, 0.2) is 0 Å². The molecule has 25 heavy (non-hydrogen) atoms. The summed E-state index contributed by atoms with van der Waals surface area (Å²) in [7, 11) is 0. The maximum absolute atomic E-state index is 9.90. The summed E-state index contributed by atoms with van der Waals surface area (Å²) in [6.07, 6.45) is 1.02. The van der Waals surface area contributed by atoms with Gasteiger partial charge in [-0.3, -0.25) is 14.4 Å². The minimum absolute atomic E-state index is 0.0628. The third kappa shape index (κ3) is 52.4. The molecule has 0 aliphatic heterocycles. The fourth-order valence-corrected chi connectivity index (χ4v) is 1.11. The van der Waals surface area contributed by atoms with E-state index < -0.39 is 17.9 Å². The Kier molecular flexibility index (Phi) is 31.9. The lowest BCUT2D eigenvalue weighted by Crippen LogP contribution is -1.97. The molecule has 0 saturated carbocycles. The van der Waals surface area contributed by atoms with Gasteiger partial charge in [-0.2, -0.15) is 0 Å². The van der Waals surface area contributed by atoms with Gasteiger partial charge in [0.25, 0.3) is 5.97 Å². The number of rotatable bonds is 5. The van der Waals surface area contributed by atoms with Crippen molar-refractivity contribution in [3.63, 3.8) is 0 Å². The van der Waals surface area contributed by atoms with E-state index in [9.17, 15) is 9.59 Å². The predicted octanol–water partition coefficient (Wildman–Crippen LogP) is 4.75. The van der Waals surface area contributed by atoms with E-state index >= 15 is 0 Å². The standard InChI is InChI=1S/C6H5Cl.C6H10O4.C2H4O2.2C2H4/c7-6-4-2-1-3-5-6;7-5(8)3-1-2-4-6(9)10;1-2(3)4;2*1-2/h1-5H;1-4H2,(H,7,8)(H,9,10);1H3,(H,3,4);2*1-2H2. The molecule has 0 spiro atoms. The second-order valence-corrected chi connectivity index (χ2v) is 4.25. The van der Waals surface area contributed by atoms with Gasteiger partial charge in [-0.05, 0) is 25.0 Å². The molecule has 1 aromatic rings. The molecule has 0 fully saturated rings. The quantitative estimate of drug-likeness (QED) is 0.506. The summed E-state index contributed by atoms with van der Waals surface area (Å²) in [4.78, 5) is 28.8. The Balaban J connectivity index is -0.000000128. The van der Waals surface area contributed by atoms with E-state index in [2.05, 4.69) is 26.3 Å². The van der Waals surface area contributed by atoms with Gasteiger partial charge in [0.2, 0.25) is 0 Å². The van der Waals surface area contributed by atoms with E-state index in [0.29, 0.717) is 12.8 Å². The molecule has 0 saturated heterocycles. The highest BCUT2D eigenvalue weighted by Crippen LogP contribution is 2.03. The number of hydrogen-bond donors (Lipinski definition) is 3. The number of carboxylic acids is 3. The van der Waals surface area contributed by atoms with Crippen molar-refractivity contribution in [2.45, 2.75) is 32.6 Å². The lowest BCUT2D eigenvalue weighted by molar-refractivity contribution is -0.139. The highest BCUT2D eigenvalue weighted by atomic mass is 35.5. The number of aliphatic carboxylic acids is 3. The molecule has 3 N–H and O–H groups in total.